The van der Waals surface area contributed by atoms with E-state index < -0.39 is 11.5 Å². The lowest BCUT2D eigenvalue weighted by Gasteiger charge is -2.44. The molecule has 0 radical (unpaired) electrons. The van der Waals surface area contributed by atoms with Crippen LogP contribution in [0.1, 0.15) is 48.9 Å². The van der Waals surface area contributed by atoms with Gasteiger partial charge in [0.05, 0.1) is 17.5 Å². The summed E-state index contributed by atoms with van der Waals surface area (Å²) in [5, 5.41) is 9.22. The average Bonchev–Trinajstić information content (AvgIpc) is 2.46. The van der Waals surface area contributed by atoms with E-state index in [4.69, 9.17) is 5.73 Å². The van der Waals surface area contributed by atoms with Crippen molar-refractivity contribution in [3.05, 3.63) is 29.8 Å². The van der Waals surface area contributed by atoms with Gasteiger partial charge in [0, 0.05) is 12.7 Å². The van der Waals surface area contributed by atoms with Gasteiger partial charge in [0.15, 0.2) is 0 Å². The molecule has 0 heterocycles. The molecule has 1 amide bonds. The van der Waals surface area contributed by atoms with Gasteiger partial charge in [0.25, 0.3) is 5.91 Å². The van der Waals surface area contributed by atoms with Gasteiger partial charge in [-0.2, -0.15) is 0 Å². The molecule has 5 nitrogen and oxygen atoms in total. The normalized spacial score (nSPS) is 17.2. The van der Waals surface area contributed by atoms with E-state index in [1.54, 1.807) is 36.2 Å². The van der Waals surface area contributed by atoms with Gasteiger partial charge in [-0.3, -0.25) is 9.59 Å². The Hall–Kier alpha value is -2.04. The van der Waals surface area contributed by atoms with E-state index in [-0.39, 0.29) is 12.3 Å². The van der Waals surface area contributed by atoms with Crippen molar-refractivity contribution in [2.75, 3.05) is 12.8 Å². The minimum Gasteiger partial charge on any atom is -0.481 e. The van der Waals surface area contributed by atoms with Crippen LogP contribution >= 0.6 is 0 Å². The Kier molecular flexibility index (Phi) is 4.50. The summed E-state index contributed by atoms with van der Waals surface area (Å²) < 4.78 is 0. The second-order valence-electron chi connectivity index (χ2n) is 5.81. The van der Waals surface area contributed by atoms with Crippen LogP contribution in [0.2, 0.25) is 0 Å². The summed E-state index contributed by atoms with van der Waals surface area (Å²) in [6, 6.07) is 6.92. The summed E-state index contributed by atoms with van der Waals surface area (Å²) in [5.41, 5.74) is 6.14. The third kappa shape index (κ3) is 3.17. The molecule has 114 valence electrons. The number of carbonyl (C=O) groups is 2. The molecule has 1 saturated carbocycles. The lowest BCUT2D eigenvalue weighted by Crippen LogP contribution is -2.52. The van der Waals surface area contributed by atoms with Crippen molar-refractivity contribution in [3.8, 4) is 0 Å². The molecule has 0 spiro atoms. The predicted octanol–water partition coefficient (Wildman–Crippen LogP) is 2.52. The van der Waals surface area contributed by atoms with Gasteiger partial charge in [0.1, 0.15) is 0 Å². The van der Waals surface area contributed by atoms with Crippen molar-refractivity contribution in [2.24, 2.45) is 0 Å². The molecule has 0 atom stereocenters. The van der Waals surface area contributed by atoms with Crippen LogP contribution in [-0.4, -0.2) is 34.5 Å². The first kappa shape index (κ1) is 15.4. The van der Waals surface area contributed by atoms with Crippen molar-refractivity contribution in [1.82, 2.24) is 4.90 Å². The summed E-state index contributed by atoms with van der Waals surface area (Å²) in [5.74, 6) is -1.06. The van der Waals surface area contributed by atoms with Crippen LogP contribution in [0.5, 0.6) is 0 Å². The maximum absolute atomic E-state index is 12.7. The van der Waals surface area contributed by atoms with Crippen LogP contribution in [-0.2, 0) is 4.79 Å². The maximum Gasteiger partial charge on any atom is 0.305 e. The van der Waals surface area contributed by atoms with Gasteiger partial charge in [-0.25, -0.2) is 0 Å². The fourth-order valence-corrected chi connectivity index (χ4v) is 3.21. The number of anilines is 1. The zero-order valence-electron chi connectivity index (χ0n) is 12.3. The van der Waals surface area contributed by atoms with Gasteiger partial charge >= 0.3 is 5.97 Å². The van der Waals surface area contributed by atoms with Crippen LogP contribution < -0.4 is 5.73 Å². The minimum absolute atomic E-state index is 0.0119. The number of hydrogen-bond donors (Lipinski definition) is 2. The first-order chi connectivity index (χ1) is 9.96. The molecule has 0 unspecified atom stereocenters. The highest BCUT2D eigenvalue weighted by Gasteiger charge is 2.40. The Labute approximate surface area is 124 Å². The standard InChI is InChI=1S/C16H22N2O3/c1-18(15(21)12-7-3-4-8-13(12)17)16(11-14(19)20)9-5-2-6-10-16/h3-4,7-8H,2,5-6,9-11,17H2,1H3,(H,19,20). The molecule has 1 aliphatic carbocycles. The molecule has 1 fully saturated rings. The number of hydrogen-bond acceptors (Lipinski definition) is 3. The molecule has 2 rings (SSSR count). The third-order valence-electron chi connectivity index (χ3n) is 4.47. The van der Waals surface area contributed by atoms with Gasteiger partial charge in [-0.1, -0.05) is 31.4 Å². The lowest BCUT2D eigenvalue weighted by atomic mass is 9.77. The average molecular weight is 290 g/mol. The molecule has 0 saturated heterocycles. The van der Waals surface area contributed by atoms with Crippen LogP contribution in [0, 0.1) is 0 Å². The number of nitrogens with two attached hydrogens (primary N) is 1. The van der Waals surface area contributed by atoms with Crippen LogP contribution in [0.15, 0.2) is 24.3 Å². The molecule has 1 aromatic rings. The summed E-state index contributed by atoms with van der Waals surface area (Å²) in [4.78, 5) is 25.5. The zero-order valence-corrected chi connectivity index (χ0v) is 12.3. The molecule has 1 aliphatic rings. The number of carbonyl (C=O) groups excluding carboxylic acids is 1. The van der Waals surface area contributed by atoms with Crippen LogP contribution in [0.4, 0.5) is 5.69 Å². The van der Waals surface area contributed by atoms with E-state index in [1.807, 2.05) is 0 Å². The third-order valence-corrected chi connectivity index (χ3v) is 4.47. The number of nitrogen functional groups attached to an aromatic ring is 1. The number of nitrogens with zero attached hydrogens (tertiary/aromatic N) is 1. The van der Waals surface area contributed by atoms with Gasteiger partial charge in [-0.05, 0) is 25.0 Å². The van der Waals surface area contributed by atoms with E-state index in [0.29, 0.717) is 11.3 Å². The first-order valence-electron chi connectivity index (χ1n) is 7.31. The first-order valence-corrected chi connectivity index (χ1v) is 7.31. The molecule has 1 aromatic carbocycles. The maximum atomic E-state index is 12.7. The molecule has 5 heteroatoms. The largest absolute Gasteiger partial charge is 0.481 e. The number of amides is 1. The zero-order chi connectivity index (χ0) is 15.5. The summed E-state index contributed by atoms with van der Waals surface area (Å²) in [7, 11) is 1.70. The number of carboxylic acids is 1. The molecule has 3 N–H and O–H groups in total. The quantitative estimate of drug-likeness (QED) is 0.835. The van der Waals surface area contributed by atoms with Crippen molar-refractivity contribution in [1.29, 1.82) is 0 Å². The topological polar surface area (TPSA) is 83.6 Å². The minimum atomic E-state index is -0.863. The highest BCUT2D eigenvalue weighted by Crippen LogP contribution is 2.37. The monoisotopic (exact) mass is 290 g/mol. The van der Waals surface area contributed by atoms with Crippen LogP contribution in [0.25, 0.3) is 0 Å². The second-order valence-corrected chi connectivity index (χ2v) is 5.81. The van der Waals surface area contributed by atoms with Crippen molar-refractivity contribution >= 4 is 17.6 Å². The summed E-state index contributed by atoms with van der Waals surface area (Å²) >= 11 is 0. The Morgan fingerprint density at radius 3 is 2.43 bits per heavy atom. The van der Waals surface area contributed by atoms with E-state index in [0.717, 1.165) is 32.1 Å². The Morgan fingerprint density at radius 2 is 1.86 bits per heavy atom. The Morgan fingerprint density at radius 1 is 1.24 bits per heavy atom. The van der Waals surface area contributed by atoms with Crippen molar-refractivity contribution in [3.63, 3.8) is 0 Å². The molecular formula is C16H22N2O3. The fourth-order valence-electron chi connectivity index (χ4n) is 3.21. The smallest absolute Gasteiger partial charge is 0.305 e. The highest BCUT2D eigenvalue weighted by atomic mass is 16.4. The number of rotatable bonds is 4. The van der Waals surface area contributed by atoms with Crippen LogP contribution in [0.3, 0.4) is 0 Å². The second kappa shape index (κ2) is 6.16. The molecule has 0 aromatic heterocycles. The number of para-hydroxylation sites is 1. The Bertz CT molecular complexity index is 536. The van der Waals surface area contributed by atoms with E-state index in [2.05, 4.69) is 0 Å². The van der Waals surface area contributed by atoms with E-state index in [9.17, 15) is 14.7 Å². The molecular weight excluding hydrogens is 268 g/mol. The van der Waals surface area contributed by atoms with Gasteiger partial charge in [0.2, 0.25) is 0 Å². The molecule has 0 aliphatic heterocycles. The number of benzene rings is 1. The van der Waals surface area contributed by atoms with E-state index >= 15 is 0 Å². The Balaban J connectivity index is 2.29. The summed E-state index contributed by atoms with van der Waals surface area (Å²) in [6.07, 6.45) is 4.45. The van der Waals surface area contributed by atoms with Gasteiger partial charge in [-0.15, -0.1) is 0 Å². The molecule has 21 heavy (non-hydrogen) atoms. The van der Waals surface area contributed by atoms with Crippen molar-refractivity contribution in [2.45, 2.75) is 44.1 Å². The van der Waals surface area contributed by atoms with Gasteiger partial charge < -0.3 is 15.7 Å². The number of carboxylic acid groups (broad SMARTS) is 1. The fraction of sp³-hybridized carbons (Fsp3) is 0.500. The highest BCUT2D eigenvalue weighted by molar-refractivity contribution is 5.99. The summed E-state index contributed by atoms with van der Waals surface area (Å²) in [6.45, 7) is 0. The SMILES string of the molecule is CN(C(=O)c1ccccc1N)C1(CC(=O)O)CCCCC1. The lowest BCUT2D eigenvalue weighted by molar-refractivity contribution is -0.140. The van der Waals surface area contributed by atoms with Crippen molar-refractivity contribution < 1.29 is 14.7 Å². The predicted molar refractivity (Wildman–Crippen MR) is 81.0 cm³/mol. The molecule has 0 bridgehead atoms. The van der Waals surface area contributed by atoms with E-state index in [1.165, 1.54) is 0 Å². The number of aliphatic carboxylic acids is 1.